The minimum absolute atomic E-state index is 0.178. The predicted molar refractivity (Wildman–Crippen MR) is 78.1 cm³/mol. The van der Waals surface area contributed by atoms with Gasteiger partial charge in [-0.15, -0.1) is 0 Å². The Bertz CT molecular complexity index is 771. The molecule has 1 N–H and O–H groups in total. The quantitative estimate of drug-likeness (QED) is 0.932. The number of carbonyl (C=O) groups is 1. The number of aryl methyl sites for hydroxylation is 1. The van der Waals surface area contributed by atoms with Gasteiger partial charge in [0.1, 0.15) is 0 Å². The van der Waals surface area contributed by atoms with Gasteiger partial charge in [0.25, 0.3) is 0 Å². The molecule has 4 nitrogen and oxygen atoms in total. The fraction of sp³-hybridized carbons (Fsp3) is 0.235. The molecule has 1 heterocycles. The zero-order chi connectivity index (χ0) is 15.0. The van der Waals surface area contributed by atoms with Crippen LogP contribution in [0.2, 0.25) is 0 Å². The number of nitrogens with zero attached hydrogens (tertiary/aromatic N) is 2. The monoisotopic (exact) mass is 278 g/mol. The number of hydrogen-bond acceptors (Lipinski definition) is 3. The van der Waals surface area contributed by atoms with Gasteiger partial charge in [-0.2, -0.15) is 5.26 Å². The molecule has 0 spiro atoms. The molecule has 104 valence electrons. The first kappa shape index (κ1) is 13.3. The van der Waals surface area contributed by atoms with E-state index in [0.29, 0.717) is 17.0 Å². The first-order valence-electron chi connectivity index (χ1n) is 6.84. The van der Waals surface area contributed by atoms with E-state index in [9.17, 15) is 9.90 Å². The smallest absolute Gasteiger partial charge is 0.337 e. The molecule has 1 saturated carbocycles. The van der Waals surface area contributed by atoms with Gasteiger partial charge in [0.2, 0.25) is 0 Å². The van der Waals surface area contributed by atoms with Crippen LogP contribution in [0, 0.1) is 18.3 Å². The predicted octanol–water partition coefficient (Wildman–Crippen LogP) is 3.50. The maximum Gasteiger partial charge on any atom is 0.337 e. The standard InChI is InChI=1S/C17H14N2O2/c1-10-6-14(16(9-19-10)17(20)21)15-7-11(8-18)2-5-13(15)12-3-4-12/h2,5-7,9,12H,3-4H2,1H3,(H,20,21). The lowest BCUT2D eigenvalue weighted by atomic mass is 9.92. The van der Waals surface area contributed by atoms with Gasteiger partial charge >= 0.3 is 5.97 Å². The average molecular weight is 278 g/mol. The van der Waals surface area contributed by atoms with Crippen molar-refractivity contribution in [1.82, 2.24) is 4.98 Å². The number of hydrogen-bond donors (Lipinski definition) is 1. The summed E-state index contributed by atoms with van der Waals surface area (Å²) in [7, 11) is 0. The van der Waals surface area contributed by atoms with Crippen molar-refractivity contribution in [2.75, 3.05) is 0 Å². The zero-order valence-electron chi connectivity index (χ0n) is 11.6. The van der Waals surface area contributed by atoms with Crippen LogP contribution >= 0.6 is 0 Å². The van der Waals surface area contributed by atoms with Gasteiger partial charge in [-0.05, 0) is 60.6 Å². The minimum Gasteiger partial charge on any atom is -0.478 e. The lowest BCUT2D eigenvalue weighted by Gasteiger charge is -2.12. The highest BCUT2D eigenvalue weighted by atomic mass is 16.4. The molecule has 0 unspecified atom stereocenters. The summed E-state index contributed by atoms with van der Waals surface area (Å²) >= 11 is 0. The van der Waals surface area contributed by atoms with Crippen LogP contribution < -0.4 is 0 Å². The van der Waals surface area contributed by atoms with E-state index >= 15 is 0 Å². The number of aromatic nitrogens is 1. The van der Waals surface area contributed by atoms with Gasteiger partial charge in [-0.1, -0.05) is 6.07 Å². The lowest BCUT2D eigenvalue weighted by Crippen LogP contribution is -2.03. The Kier molecular flexibility index (Phi) is 3.19. The first-order valence-corrected chi connectivity index (χ1v) is 6.84. The Morgan fingerprint density at radius 1 is 1.33 bits per heavy atom. The van der Waals surface area contributed by atoms with E-state index in [2.05, 4.69) is 11.1 Å². The van der Waals surface area contributed by atoms with Crippen molar-refractivity contribution in [3.8, 4) is 17.2 Å². The summed E-state index contributed by atoms with van der Waals surface area (Å²) in [6, 6.07) is 9.44. The fourth-order valence-corrected chi connectivity index (χ4v) is 2.56. The number of carboxylic acids is 1. The Labute approximate surface area is 122 Å². The van der Waals surface area contributed by atoms with E-state index in [0.717, 1.165) is 29.7 Å². The Morgan fingerprint density at radius 2 is 2.10 bits per heavy atom. The van der Waals surface area contributed by atoms with E-state index in [4.69, 9.17) is 5.26 Å². The zero-order valence-corrected chi connectivity index (χ0v) is 11.6. The van der Waals surface area contributed by atoms with Gasteiger partial charge in [-0.25, -0.2) is 4.79 Å². The summed E-state index contributed by atoms with van der Waals surface area (Å²) in [4.78, 5) is 15.5. The summed E-state index contributed by atoms with van der Waals surface area (Å²) < 4.78 is 0. The van der Waals surface area contributed by atoms with E-state index in [1.165, 1.54) is 6.20 Å². The third kappa shape index (κ3) is 2.50. The van der Waals surface area contributed by atoms with Crippen molar-refractivity contribution in [3.63, 3.8) is 0 Å². The summed E-state index contributed by atoms with van der Waals surface area (Å²) in [6.07, 6.45) is 3.62. The molecule has 1 aliphatic carbocycles. The third-order valence-electron chi connectivity index (χ3n) is 3.76. The van der Waals surface area contributed by atoms with E-state index in [1.807, 2.05) is 13.0 Å². The molecule has 0 atom stereocenters. The molecule has 0 bridgehead atoms. The largest absolute Gasteiger partial charge is 0.478 e. The molecule has 1 fully saturated rings. The molecular weight excluding hydrogens is 264 g/mol. The molecule has 3 rings (SSSR count). The van der Waals surface area contributed by atoms with Gasteiger partial charge in [0, 0.05) is 11.9 Å². The van der Waals surface area contributed by atoms with Gasteiger partial charge in [0.15, 0.2) is 0 Å². The molecule has 1 aromatic heterocycles. The van der Waals surface area contributed by atoms with E-state index < -0.39 is 5.97 Å². The summed E-state index contributed by atoms with van der Waals surface area (Å²) in [5.41, 5.74) is 4.10. The van der Waals surface area contributed by atoms with Crippen LogP contribution in [0.15, 0.2) is 30.5 Å². The molecule has 21 heavy (non-hydrogen) atoms. The molecule has 4 heteroatoms. The minimum atomic E-state index is -0.999. The van der Waals surface area contributed by atoms with E-state index in [-0.39, 0.29) is 5.56 Å². The summed E-state index contributed by atoms with van der Waals surface area (Å²) in [5.74, 6) is -0.524. The number of carboxylic acid groups (broad SMARTS) is 1. The van der Waals surface area contributed by atoms with Crippen molar-refractivity contribution < 1.29 is 9.90 Å². The maximum absolute atomic E-state index is 11.5. The normalized spacial score (nSPS) is 13.7. The van der Waals surface area contributed by atoms with Crippen LogP contribution in [0.1, 0.15) is 45.9 Å². The lowest BCUT2D eigenvalue weighted by molar-refractivity contribution is 0.0697. The summed E-state index contributed by atoms with van der Waals surface area (Å²) in [5, 5.41) is 18.5. The number of benzene rings is 1. The molecule has 1 aliphatic rings. The van der Waals surface area contributed by atoms with Crippen LogP contribution in [0.4, 0.5) is 0 Å². The van der Waals surface area contributed by atoms with Crippen LogP contribution in [-0.4, -0.2) is 16.1 Å². The first-order chi connectivity index (χ1) is 10.1. The van der Waals surface area contributed by atoms with E-state index in [1.54, 1.807) is 18.2 Å². The van der Waals surface area contributed by atoms with Crippen LogP contribution in [0.5, 0.6) is 0 Å². The third-order valence-corrected chi connectivity index (χ3v) is 3.76. The molecular formula is C17H14N2O2. The fourth-order valence-electron chi connectivity index (χ4n) is 2.56. The number of pyridine rings is 1. The van der Waals surface area contributed by atoms with Crippen LogP contribution in [-0.2, 0) is 0 Å². The maximum atomic E-state index is 11.5. The molecule has 0 aliphatic heterocycles. The number of aromatic carboxylic acids is 1. The van der Waals surface area contributed by atoms with Gasteiger partial charge in [-0.3, -0.25) is 4.98 Å². The number of rotatable bonds is 3. The second-order valence-electron chi connectivity index (χ2n) is 5.36. The Hall–Kier alpha value is -2.67. The Balaban J connectivity index is 2.26. The molecule has 2 aromatic rings. The Morgan fingerprint density at radius 3 is 2.71 bits per heavy atom. The highest BCUT2D eigenvalue weighted by Crippen LogP contribution is 2.45. The molecule has 1 aromatic carbocycles. The second kappa shape index (κ2) is 5.02. The van der Waals surface area contributed by atoms with Crippen molar-refractivity contribution >= 4 is 5.97 Å². The molecule has 0 saturated heterocycles. The van der Waals surface area contributed by atoms with Gasteiger partial charge in [0.05, 0.1) is 17.2 Å². The van der Waals surface area contributed by atoms with Crippen LogP contribution in [0.3, 0.4) is 0 Å². The van der Waals surface area contributed by atoms with Crippen molar-refractivity contribution in [3.05, 3.63) is 52.8 Å². The second-order valence-corrected chi connectivity index (χ2v) is 5.36. The topological polar surface area (TPSA) is 74.0 Å². The van der Waals surface area contributed by atoms with Crippen LogP contribution in [0.25, 0.3) is 11.1 Å². The van der Waals surface area contributed by atoms with Crippen molar-refractivity contribution in [1.29, 1.82) is 5.26 Å². The highest BCUT2D eigenvalue weighted by Gasteiger charge is 2.28. The molecule has 0 radical (unpaired) electrons. The van der Waals surface area contributed by atoms with Crippen molar-refractivity contribution in [2.24, 2.45) is 0 Å². The summed E-state index contributed by atoms with van der Waals surface area (Å²) in [6.45, 7) is 1.83. The average Bonchev–Trinajstić information content (AvgIpc) is 3.30. The van der Waals surface area contributed by atoms with Gasteiger partial charge < -0.3 is 5.11 Å². The highest BCUT2D eigenvalue weighted by molar-refractivity contribution is 5.96. The molecule has 0 amide bonds. The number of nitriles is 1. The van der Waals surface area contributed by atoms with Crippen molar-refractivity contribution in [2.45, 2.75) is 25.7 Å². The SMILES string of the molecule is Cc1cc(-c2cc(C#N)ccc2C2CC2)c(C(=O)O)cn1.